The summed E-state index contributed by atoms with van der Waals surface area (Å²) in [6.45, 7) is 0. The molecular formula is C10H15ClO2S. The molecule has 14 heavy (non-hydrogen) atoms. The average Bonchev–Trinajstić information content (AvgIpc) is 2.23. The van der Waals surface area contributed by atoms with Crippen LogP contribution >= 0.6 is 11.6 Å². The molecule has 80 valence electrons. The van der Waals surface area contributed by atoms with Crippen molar-refractivity contribution < 1.29 is 8.42 Å². The maximum atomic E-state index is 11.8. The molecule has 0 radical (unpaired) electrons. The first-order chi connectivity index (χ1) is 6.53. The van der Waals surface area contributed by atoms with Gasteiger partial charge in [-0.25, -0.2) is 8.42 Å². The number of hydrogen-bond donors (Lipinski definition) is 0. The van der Waals surface area contributed by atoms with Crippen LogP contribution in [-0.2, 0) is 9.84 Å². The van der Waals surface area contributed by atoms with Crippen molar-refractivity contribution in [1.82, 2.24) is 0 Å². The lowest BCUT2D eigenvalue weighted by Gasteiger charge is -2.58. The van der Waals surface area contributed by atoms with Crippen molar-refractivity contribution in [3.63, 3.8) is 0 Å². The Morgan fingerprint density at radius 1 is 1.07 bits per heavy atom. The van der Waals surface area contributed by atoms with Crippen LogP contribution in [0.25, 0.3) is 0 Å². The van der Waals surface area contributed by atoms with Gasteiger partial charge in [0.05, 0.1) is 5.75 Å². The van der Waals surface area contributed by atoms with Crippen molar-refractivity contribution in [3.8, 4) is 0 Å². The molecule has 2 nitrogen and oxygen atoms in total. The molecule has 0 unspecified atom stereocenters. The first kappa shape index (κ1) is 9.46. The maximum absolute atomic E-state index is 11.8. The molecule has 3 rings (SSSR count). The quantitative estimate of drug-likeness (QED) is 0.603. The van der Waals surface area contributed by atoms with Gasteiger partial charge in [-0.1, -0.05) is 12.8 Å². The average molecular weight is 235 g/mol. The first-order valence-corrected chi connectivity index (χ1v) is 7.53. The SMILES string of the molecule is O=S1(=O)C[C@]23CCCC[C@@]2(CC3)[C@H]1Cl. The zero-order chi connectivity index (χ0) is 10.0. The van der Waals surface area contributed by atoms with Gasteiger partial charge in [0, 0.05) is 5.41 Å². The van der Waals surface area contributed by atoms with E-state index in [1.165, 1.54) is 12.8 Å². The van der Waals surface area contributed by atoms with Gasteiger partial charge in [-0.2, -0.15) is 0 Å². The highest BCUT2D eigenvalue weighted by Gasteiger charge is 2.71. The fourth-order valence-electron chi connectivity index (χ4n) is 4.03. The van der Waals surface area contributed by atoms with Gasteiger partial charge in [-0.15, -0.1) is 11.6 Å². The standard InChI is InChI=1S/C10H15ClO2S/c11-8-10-4-2-1-3-9(10,5-6-10)7-14(8,12)13/h8H,1-7H2/t8-,9+,10+/m0/s1. The van der Waals surface area contributed by atoms with Crippen LogP contribution in [0.3, 0.4) is 0 Å². The second kappa shape index (κ2) is 2.49. The number of sulfone groups is 1. The summed E-state index contributed by atoms with van der Waals surface area (Å²) < 4.78 is 23.1. The third kappa shape index (κ3) is 0.827. The molecule has 1 aliphatic heterocycles. The van der Waals surface area contributed by atoms with Gasteiger partial charge >= 0.3 is 0 Å². The van der Waals surface area contributed by atoms with Gasteiger partial charge in [-0.3, -0.25) is 0 Å². The van der Waals surface area contributed by atoms with Crippen molar-refractivity contribution in [2.75, 3.05) is 5.75 Å². The minimum atomic E-state index is -3.00. The summed E-state index contributed by atoms with van der Waals surface area (Å²) in [6.07, 6.45) is 6.63. The maximum Gasteiger partial charge on any atom is 0.168 e. The molecule has 0 aromatic rings. The highest BCUT2D eigenvalue weighted by Crippen LogP contribution is 2.72. The Kier molecular flexibility index (Phi) is 1.68. The van der Waals surface area contributed by atoms with Crippen molar-refractivity contribution >= 4 is 21.4 Å². The molecule has 0 aromatic heterocycles. The Morgan fingerprint density at radius 3 is 2.36 bits per heavy atom. The molecule has 3 aliphatic rings. The minimum absolute atomic E-state index is 0.0222. The Morgan fingerprint density at radius 2 is 1.79 bits per heavy atom. The van der Waals surface area contributed by atoms with E-state index in [2.05, 4.69) is 0 Å². The lowest BCUT2D eigenvalue weighted by Crippen LogP contribution is -2.54. The number of alkyl halides is 1. The van der Waals surface area contributed by atoms with Crippen molar-refractivity contribution in [2.24, 2.45) is 10.8 Å². The van der Waals surface area contributed by atoms with E-state index in [-0.39, 0.29) is 10.8 Å². The highest BCUT2D eigenvalue weighted by atomic mass is 35.5. The lowest BCUT2D eigenvalue weighted by molar-refractivity contribution is -0.0769. The number of hydrogen-bond acceptors (Lipinski definition) is 2. The summed E-state index contributed by atoms with van der Waals surface area (Å²) >= 11 is 6.17. The molecule has 0 bridgehead atoms. The predicted molar refractivity (Wildman–Crippen MR) is 56.0 cm³/mol. The van der Waals surface area contributed by atoms with E-state index in [0.717, 1.165) is 25.7 Å². The van der Waals surface area contributed by atoms with E-state index in [9.17, 15) is 8.42 Å². The predicted octanol–water partition coefficient (Wildman–Crippen LogP) is 2.32. The van der Waals surface area contributed by atoms with E-state index in [0.29, 0.717) is 5.75 Å². The summed E-state index contributed by atoms with van der Waals surface area (Å²) in [5.41, 5.74) is 0.0716. The van der Waals surface area contributed by atoms with Gasteiger partial charge < -0.3 is 0 Å². The van der Waals surface area contributed by atoms with E-state index in [1.807, 2.05) is 0 Å². The fourth-order valence-corrected chi connectivity index (χ4v) is 7.33. The smallest absolute Gasteiger partial charge is 0.168 e. The van der Waals surface area contributed by atoms with Crippen LogP contribution in [0.2, 0.25) is 0 Å². The second-order valence-electron chi connectivity index (χ2n) is 5.27. The molecule has 4 heteroatoms. The van der Waals surface area contributed by atoms with Crippen molar-refractivity contribution in [2.45, 2.75) is 43.2 Å². The largest absolute Gasteiger partial charge is 0.227 e. The van der Waals surface area contributed by atoms with Crippen LogP contribution in [0, 0.1) is 10.8 Å². The van der Waals surface area contributed by atoms with Crippen LogP contribution in [-0.4, -0.2) is 18.9 Å². The van der Waals surface area contributed by atoms with Crippen LogP contribution < -0.4 is 0 Å². The molecule has 1 saturated heterocycles. The van der Waals surface area contributed by atoms with Gasteiger partial charge in [0.1, 0.15) is 4.71 Å². The molecule has 0 amide bonds. The van der Waals surface area contributed by atoms with Crippen LogP contribution in [0.5, 0.6) is 0 Å². The van der Waals surface area contributed by atoms with Crippen LogP contribution in [0.15, 0.2) is 0 Å². The Hall–Kier alpha value is 0.240. The summed E-state index contributed by atoms with van der Waals surface area (Å²) in [4.78, 5) is 0. The molecular weight excluding hydrogens is 220 g/mol. The molecule has 2 saturated carbocycles. The fraction of sp³-hybridized carbons (Fsp3) is 1.00. The van der Waals surface area contributed by atoms with E-state index in [4.69, 9.17) is 11.6 Å². The van der Waals surface area contributed by atoms with E-state index >= 15 is 0 Å². The molecule has 2 aliphatic carbocycles. The normalized spacial score (nSPS) is 54.5. The summed E-state index contributed by atoms with van der Waals surface area (Å²) in [5, 5.41) is 0. The lowest BCUT2D eigenvalue weighted by atomic mass is 9.45. The Labute approximate surface area is 89.9 Å². The molecule has 3 atom stereocenters. The first-order valence-electron chi connectivity index (χ1n) is 5.38. The zero-order valence-electron chi connectivity index (χ0n) is 8.13. The second-order valence-corrected chi connectivity index (χ2v) is 8.05. The minimum Gasteiger partial charge on any atom is -0.227 e. The molecule has 3 fully saturated rings. The zero-order valence-corrected chi connectivity index (χ0v) is 9.70. The molecule has 0 N–H and O–H groups in total. The summed E-state index contributed by atoms with van der Waals surface area (Å²) in [5.74, 6) is 0.369. The molecule has 1 heterocycles. The third-order valence-corrected chi connectivity index (χ3v) is 8.13. The monoisotopic (exact) mass is 234 g/mol. The van der Waals surface area contributed by atoms with E-state index in [1.54, 1.807) is 0 Å². The number of halogens is 1. The third-order valence-electron chi connectivity index (χ3n) is 4.86. The van der Waals surface area contributed by atoms with Crippen molar-refractivity contribution in [3.05, 3.63) is 0 Å². The molecule has 0 aromatic carbocycles. The van der Waals surface area contributed by atoms with Gasteiger partial charge in [0.25, 0.3) is 0 Å². The van der Waals surface area contributed by atoms with Crippen LogP contribution in [0.4, 0.5) is 0 Å². The van der Waals surface area contributed by atoms with Crippen LogP contribution in [0.1, 0.15) is 38.5 Å². The molecule has 0 spiro atoms. The summed E-state index contributed by atoms with van der Waals surface area (Å²) in [7, 11) is -3.00. The van der Waals surface area contributed by atoms with Gasteiger partial charge in [-0.05, 0) is 31.1 Å². The topological polar surface area (TPSA) is 34.1 Å². The highest BCUT2D eigenvalue weighted by molar-refractivity contribution is 7.93. The summed E-state index contributed by atoms with van der Waals surface area (Å²) in [6, 6.07) is 0. The van der Waals surface area contributed by atoms with Gasteiger partial charge in [0.2, 0.25) is 0 Å². The number of rotatable bonds is 0. The van der Waals surface area contributed by atoms with E-state index < -0.39 is 14.5 Å². The Balaban J connectivity index is 2.12. The van der Waals surface area contributed by atoms with Crippen molar-refractivity contribution in [1.29, 1.82) is 0 Å². The van der Waals surface area contributed by atoms with Gasteiger partial charge in [0.15, 0.2) is 9.84 Å². The Bertz CT molecular complexity index is 378.